The number of methoxy groups -OCH3 is 1. The molecule has 0 atom stereocenters. The number of anilines is 3. The summed E-state index contributed by atoms with van der Waals surface area (Å²) in [6.45, 7) is 7.51. The molecule has 1 saturated heterocycles. The van der Waals surface area contributed by atoms with Gasteiger partial charge in [-0.15, -0.1) is 0 Å². The number of nitrogens with one attached hydrogen (secondary N) is 1. The Bertz CT molecular complexity index is 682. The van der Waals surface area contributed by atoms with Gasteiger partial charge in [0.2, 0.25) is 0 Å². The van der Waals surface area contributed by atoms with E-state index in [1.807, 2.05) is 18.3 Å². The van der Waals surface area contributed by atoms with Crippen LogP contribution < -0.4 is 15.0 Å². The van der Waals surface area contributed by atoms with Crippen LogP contribution in [0.1, 0.15) is 11.1 Å². The molecule has 2 aromatic rings. The largest absolute Gasteiger partial charge is 0.494 e. The van der Waals surface area contributed by atoms with Crippen molar-refractivity contribution in [2.75, 3.05) is 43.6 Å². The Balaban J connectivity index is 1.82. The van der Waals surface area contributed by atoms with E-state index in [0.717, 1.165) is 49.2 Å². The van der Waals surface area contributed by atoms with Gasteiger partial charge in [-0.05, 0) is 43.2 Å². The number of aromatic nitrogens is 1. The Kier molecular flexibility index (Phi) is 4.67. The molecule has 0 amide bonds. The first-order chi connectivity index (χ1) is 11.2. The first-order valence-electron chi connectivity index (χ1n) is 7.88. The second-order valence-corrected chi connectivity index (χ2v) is 5.76. The molecule has 0 saturated carbocycles. The molecule has 0 aliphatic carbocycles. The molecule has 23 heavy (non-hydrogen) atoms. The maximum absolute atomic E-state index is 5.55. The summed E-state index contributed by atoms with van der Waals surface area (Å²) >= 11 is 0. The molecular weight excluding hydrogens is 290 g/mol. The van der Waals surface area contributed by atoms with Gasteiger partial charge in [-0.2, -0.15) is 0 Å². The van der Waals surface area contributed by atoms with Crippen molar-refractivity contribution in [1.29, 1.82) is 0 Å². The smallest absolute Gasteiger partial charge is 0.144 e. The molecule has 0 unspecified atom stereocenters. The summed E-state index contributed by atoms with van der Waals surface area (Å²) in [5.74, 6) is 1.64. The molecular formula is C18H23N3O2. The van der Waals surface area contributed by atoms with E-state index in [-0.39, 0.29) is 0 Å². The Morgan fingerprint density at radius 1 is 1.13 bits per heavy atom. The lowest BCUT2D eigenvalue weighted by molar-refractivity contribution is 0.122. The van der Waals surface area contributed by atoms with Crippen LogP contribution in [0.25, 0.3) is 0 Å². The summed E-state index contributed by atoms with van der Waals surface area (Å²) in [7, 11) is 1.69. The Morgan fingerprint density at radius 2 is 1.91 bits per heavy atom. The van der Waals surface area contributed by atoms with Crippen molar-refractivity contribution < 1.29 is 9.47 Å². The molecule has 0 bridgehead atoms. The first kappa shape index (κ1) is 15.6. The highest BCUT2D eigenvalue weighted by molar-refractivity contribution is 5.69. The maximum atomic E-state index is 5.55. The number of pyridine rings is 1. The highest BCUT2D eigenvalue weighted by atomic mass is 16.5. The molecule has 122 valence electrons. The summed E-state index contributed by atoms with van der Waals surface area (Å²) in [6.07, 6.45) is 1.88. The van der Waals surface area contributed by atoms with E-state index in [1.54, 1.807) is 7.11 Å². The molecule has 1 aliphatic rings. The third-order valence-corrected chi connectivity index (χ3v) is 4.20. The minimum absolute atomic E-state index is 0.773. The van der Waals surface area contributed by atoms with Crippen LogP contribution in [0.5, 0.6) is 5.75 Å². The predicted octanol–water partition coefficient (Wildman–Crippen LogP) is 3.29. The summed E-state index contributed by atoms with van der Waals surface area (Å²) in [4.78, 5) is 6.74. The van der Waals surface area contributed by atoms with Crippen molar-refractivity contribution >= 4 is 17.2 Å². The van der Waals surface area contributed by atoms with Crippen molar-refractivity contribution in [3.8, 4) is 5.75 Å². The van der Waals surface area contributed by atoms with E-state index in [2.05, 4.69) is 41.2 Å². The fourth-order valence-corrected chi connectivity index (χ4v) is 2.63. The molecule has 0 spiro atoms. The third kappa shape index (κ3) is 3.56. The van der Waals surface area contributed by atoms with Crippen LogP contribution in [0.4, 0.5) is 17.2 Å². The molecule has 5 nitrogen and oxygen atoms in total. The van der Waals surface area contributed by atoms with Crippen molar-refractivity contribution in [3.63, 3.8) is 0 Å². The minimum atomic E-state index is 0.773. The lowest BCUT2D eigenvalue weighted by atomic mass is 10.2. The number of ether oxygens (including phenoxy) is 2. The Labute approximate surface area is 137 Å². The molecule has 2 heterocycles. The number of rotatable bonds is 4. The van der Waals surface area contributed by atoms with Crippen LogP contribution in [0.2, 0.25) is 0 Å². The number of benzene rings is 1. The highest BCUT2D eigenvalue weighted by Gasteiger charge is 2.14. The Hall–Kier alpha value is -2.27. The van der Waals surface area contributed by atoms with E-state index in [1.165, 1.54) is 11.1 Å². The maximum Gasteiger partial charge on any atom is 0.144 e. The van der Waals surface area contributed by atoms with Crippen molar-refractivity contribution in [2.45, 2.75) is 13.8 Å². The van der Waals surface area contributed by atoms with Gasteiger partial charge < -0.3 is 19.7 Å². The number of hydrogen-bond donors (Lipinski definition) is 1. The third-order valence-electron chi connectivity index (χ3n) is 4.20. The number of nitrogens with zero attached hydrogens (tertiary/aromatic N) is 2. The molecule has 0 radical (unpaired) electrons. The first-order valence-corrected chi connectivity index (χ1v) is 7.88. The van der Waals surface area contributed by atoms with Crippen LogP contribution in [0, 0.1) is 13.8 Å². The van der Waals surface area contributed by atoms with E-state index in [0.29, 0.717) is 0 Å². The lowest BCUT2D eigenvalue weighted by Crippen LogP contribution is -2.36. The average molecular weight is 313 g/mol. The topological polar surface area (TPSA) is 46.6 Å². The molecule has 1 aromatic carbocycles. The predicted molar refractivity (Wildman–Crippen MR) is 93.0 cm³/mol. The van der Waals surface area contributed by atoms with E-state index < -0.39 is 0 Å². The SMILES string of the molecule is COc1cc(N2CCOCC2)ccc1Nc1cc(C)c(C)cn1. The fourth-order valence-electron chi connectivity index (χ4n) is 2.63. The van der Waals surface area contributed by atoms with Crippen LogP contribution in [0.3, 0.4) is 0 Å². The molecule has 3 rings (SSSR count). The number of aryl methyl sites for hydroxylation is 2. The van der Waals surface area contributed by atoms with Gasteiger partial charge in [0.15, 0.2) is 0 Å². The fraction of sp³-hybridized carbons (Fsp3) is 0.389. The van der Waals surface area contributed by atoms with Gasteiger partial charge in [-0.1, -0.05) is 0 Å². The molecule has 5 heteroatoms. The van der Waals surface area contributed by atoms with Crippen LogP contribution in [0.15, 0.2) is 30.5 Å². The van der Waals surface area contributed by atoms with Gasteiger partial charge in [0.25, 0.3) is 0 Å². The summed E-state index contributed by atoms with van der Waals surface area (Å²) in [6, 6.07) is 8.26. The lowest BCUT2D eigenvalue weighted by Gasteiger charge is -2.29. The van der Waals surface area contributed by atoms with Gasteiger partial charge in [0.1, 0.15) is 11.6 Å². The number of morpholine rings is 1. The second kappa shape index (κ2) is 6.87. The van der Waals surface area contributed by atoms with Crippen molar-refractivity contribution in [1.82, 2.24) is 4.98 Å². The average Bonchev–Trinajstić information content (AvgIpc) is 2.59. The normalized spacial score (nSPS) is 14.7. The molecule has 1 N–H and O–H groups in total. The monoisotopic (exact) mass is 313 g/mol. The molecule has 1 fully saturated rings. The quantitative estimate of drug-likeness (QED) is 0.938. The van der Waals surface area contributed by atoms with E-state index in [4.69, 9.17) is 9.47 Å². The standard InChI is InChI=1S/C18H23N3O2/c1-13-10-18(19-12-14(13)2)20-16-5-4-15(11-17(16)22-3)21-6-8-23-9-7-21/h4-5,10-12H,6-9H2,1-3H3,(H,19,20). The van der Waals surface area contributed by atoms with Gasteiger partial charge in [-0.3, -0.25) is 0 Å². The number of hydrogen-bond acceptors (Lipinski definition) is 5. The second-order valence-electron chi connectivity index (χ2n) is 5.76. The zero-order valence-corrected chi connectivity index (χ0v) is 13.9. The minimum Gasteiger partial charge on any atom is -0.494 e. The van der Waals surface area contributed by atoms with Crippen LogP contribution >= 0.6 is 0 Å². The van der Waals surface area contributed by atoms with Crippen molar-refractivity contribution in [3.05, 3.63) is 41.6 Å². The van der Waals surface area contributed by atoms with Gasteiger partial charge in [0, 0.05) is 31.0 Å². The van der Waals surface area contributed by atoms with Gasteiger partial charge >= 0.3 is 0 Å². The summed E-state index contributed by atoms with van der Waals surface area (Å²) in [5, 5.41) is 3.34. The van der Waals surface area contributed by atoms with E-state index in [9.17, 15) is 0 Å². The Morgan fingerprint density at radius 3 is 2.61 bits per heavy atom. The zero-order valence-electron chi connectivity index (χ0n) is 13.9. The highest BCUT2D eigenvalue weighted by Crippen LogP contribution is 2.32. The van der Waals surface area contributed by atoms with Crippen LogP contribution in [-0.4, -0.2) is 38.4 Å². The van der Waals surface area contributed by atoms with Crippen molar-refractivity contribution in [2.24, 2.45) is 0 Å². The van der Waals surface area contributed by atoms with Gasteiger partial charge in [-0.25, -0.2) is 4.98 Å². The molecule has 1 aromatic heterocycles. The van der Waals surface area contributed by atoms with E-state index >= 15 is 0 Å². The zero-order chi connectivity index (χ0) is 16.2. The van der Waals surface area contributed by atoms with Gasteiger partial charge in [0.05, 0.1) is 26.0 Å². The van der Waals surface area contributed by atoms with Crippen LogP contribution in [-0.2, 0) is 4.74 Å². The molecule has 1 aliphatic heterocycles. The summed E-state index contributed by atoms with van der Waals surface area (Å²) < 4.78 is 11.0. The summed E-state index contributed by atoms with van der Waals surface area (Å²) in [5.41, 5.74) is 4.47.